The third-order valence-corrected chi connectivity index (χ3v) is 6.32. The highest BCUT2D eigenvalue weighted by Crippen LogP contribution is 2.28. The maximum atomic E-state index is 13.0. The first kappa shape index (κ1) is 19.4. The molecule has 1 saturated heterocycles. The molecule has 0 unspecified atom stereocenters. The number of rotatable bonds is 4. The summed E-state index contributed by atoms with van der Waals surface area (Å²) in [6.45, 7) is 8.58. The summed E-state index contributed by atoms with van der Waals surface area (Å²) in [5.41, 5.74) is 3.65. The van der Waals surface area contributed by atoms with Gasteiger partial charge in [-0.1, -0.05) is 41.9 Å². The highest BCUT2D eigenvalue weighted by Gasteiger charge is 2.32. The zero-order valence-electron chi connectivity index (χ0n) is 16.6. The topological polar surface area (TPSA) is 26.8 Å². The van der Waals surface area contributed by atoms with Crippen molar-refractivity contribution in [3.05, 3.63) is 64.7 Å². The summed E-state index contributed by atoms with van der Waals surface area (Å²) in [4.78, 5) is 19.8. The number of amides is 1. The van der Waals surface area contributed by atoms with E-state index in [1.807, 2.05) is 23.1 Å². The van der Waals surface area contributed by atoms with E-state index in [0.29, 0.717) is 18.6 Å². The SMILES string of the molecule is C[C@@H]1CN(Cc2ccc(Cl)cc2)[C@@H](C)CN1CC(=O)N1CCc2ccccc21. The third kappa shape index (κ3) is 4.09. The number of carbonyl (C=O) groups excluding carboxylic acids is 1. The first-order valence-corrected chi connectivity index (χ1v) is 10.5. The molecule has 4 rings (SSSR count). The summed E-state index contributed by atoms with van der Waals surface area (Å²) in [6.07, 6.45) is 0.961. The Balaban J connectivity index is 1.37. The van der Waals surface area contributed by atoms with Gasteiger partial charge in [0.25, 0.3) is 0 Å². The summed E-state index contributed by atoms with van der Waals surface area (Å²) in [6, 6.07) is 17.1. The van der Waals surface area contributed by atoms with E-state index in [1.54, 1.807) is 0 Å². The van der Waals surface area contributed by atoms with Crippen molar-refractivity contribution < 1.29 is 4.79 Å². The van der Waals surface area contributed by atoms with Gasteiger partial charge in [-0.15, -0.1) is 0 Å². The molecule has 0 aliphatic carbocycles. The van der Waals surface area contributed by atoms with Gasteiger partial charge in [-0.2, -0.15) is 0 Å². The molecular formula is C23H28ClN3O. The normalized spacial score (nSPS) is 23.0. The van der Waals surface area contributed by atoms with E-state index in [1.165, 1.54) is 11.1 Å². The maximum absolute atomic E-state index is 13.0. The lowest BCUT2D eigenvalue weighted by Crippen LogP contribution is -2.57. The molecule has 2 aliphatic heterocycles. The van der Waals surface area contributed by atoms with Crippen LogP contribution in [0.15, 0.2) is 48.5 Å². The van der Waals surface area contributed by atoms with Gasteiger partial charge in [0.1, 0.15) is 0 Å². The second kappa shape index (κ2) is 8.24. The van der Waals surface area contributed by atoms with Crippen LogP contribution >= 0.6 is 11.6 Å². The lowest BCUT2D eigenvalue weighted by atomic mass is 10.1. The lowest BCUT2D eigenvalue weighted by Gasteiger charge is -2.44. The predicted molar refractivity (Wildman–Crippen MR) is 115 cm³/mol. The molecule has 1 amide bonds. The van der Waals surface area contributed by atoms with Gasteiger partial charge in [-0.25, -0.2) is 0 Å². The molecule has 2 aromatic carbocycles. The Kier molecular flexibility index (Phi) is 5.72. The van der Waals surface area contributed by atoms with Crippen LogP contribution in [0, 0.1) is 0 Å². The molecule has 0 bridgehead atoms. The summed E-state index contributed by atoms with van der Waals surface area (Å²) < 4.78 is 0. The highest BCUT2D eigenvalue weighted by molar-refractivity contribution is 6.30. The van der Waals surface area contributed by atoms with Crippen LogP contribution < -0.4 is 4.90 Å². The minimum atomic E-state index is 0.218. The van der Waals surface area contributed by atoms with Crippen LogP contribution in [0.25, 0.3) is 0 Å². The zero-order valence-corrected chi connectivity index (χ0v) is 17.4. The fourth-order valence-electron chi connectivity index (χ4n) is 4.39. The van der Waals surface area contributed by atoms with Gasteiger partial charge in [0.2, 0.25) is 5.91 Å². The standard InChI is InChI=1S/C23H28ClN3O/c1-17-14-26(16-23(28)27-12-11-20-5-3-4-6-22(20)27)18(2)13-25(17)15-19-7-9-21(24)10-8-19/h3-10,17-18H,11-16H2,1-2H3/t17-,18+/m0/s1. The molecule has 2 aromatic rings. The number of hydrogen-bond acceptors (Lipinski definition) is 3. The fourth-order valence-corrected chi connectivity index (χ4v) is 4.52. The Bertz CT molecular complexity index is 838. The Morgan fingerprint density at radius 2 is 1.68 bits per heavy atom. The average Bonchev–Trinajstić information content (AvgIpc) is 3.12. The van der Waals surface area contributed by atoms with E-state index in [9.17, 15) is 4.79 Å². The molecule has 28 heavy (non-hydrogen) atoms. The monoisotopic (exact) mass is 397 g/mol. The van der Waals surface area contributed by atoms with Gasteiger partial charge in [0.05, 0.1) is 6.54 Å². The zero-order chi connectivity index (χ0) is 19.7. The van der Waals surface area contributed by atoms with E-state index in [-0.39, 0.29) is 5.91 Å². The smallest absolute Gasteiger partial charge is 0.241 e. The molecule has 1 fully saturated rings. The molecule has 0 radical (unpaired) electrons. The quantitative estimate of drug-likeness (QED) is 0.784. The number of hydrogen-bond donors (Lipinski definition) is 0. The van der Waals surface area contributed by atoms with Crippen LogP contribution in [0.3, 0.4) is 0 Å². The van der Waals surface area contributed by atoms with Crippen molar-refractivity contribution in [3.63, 3.8) is 0 Å². The number of benzene rings is 2. The van der Waals surface area contributed by atoms with Crippen LogP contribution in [-0.2, 0) is 17.8 Å². The van der Waals surface area contributed by atoms with Crippen molar-refractivity contribution in [1.29, 1.82) is 0 Å². The first-order chi connectivity index (χ1) is 13.5. The molecule has 0 N–H and O–H groups in total. The Morgan fingerprint density at radius 1 is 1.00 bits per heavy atom. The van der Waals surface area contributed by atoms with Crippen molar-refractivity contribution in [3.8, 4) is 0 Å². The lowest BCUT2D eigenvalue weighted by molar-refractivity contribution is -0.121. The van der Waals surface area contributed by atoms with Crippen LogP contribution in [0.2, 0.25) is 5.02 Å². The van der Waals surface area contributed by atoms with Crippen molar-refractivity contribution in [2.24, 2.45) is 0 Å². The molecule has 2 aliphatic rings. The third-order valence-electron chi connectivity index (χ3n) is 6.07. The van der Waals surface area contributed by atoms with Crippen molar-refractivity contribution in [2.45, 2.75) is 38.9 Å². The van der Waals surface area contributed by atoms with Gasteiger partial charge >= 0.3 is 0 Å². The number of para-hydroxylation sites is 1. The molecule has 0 spiro atoms. The van der Waals surface area contributed by atoms with E-state index >= 15 is 0 Å². The molecule has 2 atom stereocenters. The number of nitrogens with zero attached hydrogens (tertiary/aromatic N) is 3. The average molecular weight is 398 g/mol. The second-order valence-electron chi connectivity index (χ2n) is 8.11. The minimum absolute atomic E-state index is 0.218. The first-order valence-electron chi connectivity index (χ1n) is 10.1. The number of piperazine rings is 1. The second-order valence-corrected chi connectivity index (χ2v) is 8.54. The predicted octanol–water partition coefficient (Wildman–Crippen LogP) is 3.82. The van der Waals surface area contributed by atoms with Gasteiger partial charge in [-0.3, -0.25) is 14.6 Å². The van der Waals surface area contributed by atoms with Crippen LogP contribution in [0.1, 0.15) is 25.0 Å². The van der Waals surface area contributed by atoms with Gasteiger partial charge in [0.15, 0.2) is 0 Å². The van der Waals surface area contributed by atoms with Crippen LogP contribution in [0.5, 0.6) is 0 Å². The van der Waals surface area contributed by atoms with E-state index in [4.69, 9.17) is 11.6 Å². The molecule has 0 aromatic heterocycles. The van der Waals surface area contributed by atoms with Crippen LogP contribution in [-0.4, -0.2) is 54.0 Å². The number of anilines is 1. The summed E-state index contributed by atoms with van der Waals surface area (Å²) in [5, 5.41) is 0.775. The van der Waals surface area contributed by atoms with Gasteiger partial charge < -0.3 is 4.90 Å². The fraction of sp³-hybridized carbons (Fsp3) is 0.435. The molecular weight excluding hydrogens is 370 g/mol. The molecule has 148 valence electrons. The minimum Gasteiger partial charge on any atom is -0.311 e. The Morgan fingerprint density at radius 3 is 2.46 bits per heavy atom. The van der Waals surface area contributed by atoms with E-state index < -0.39 is 0 Å². The molecule has 0 saturated carbocycles. The van der Waals surface area contributed by atoms with E-state index in [2.05, 4.69) is 54.0 Å². The Hall–Kier alpha value is -1.88. The molecule has 2 heterocycles. The highest BCUT2D eigenvalue weighted by atomic mass is 35.5. The number of halogens is 1. The van der Waals surface area contributed by atoms with Crippen molar-refractivity contribution >= 4 is 23.2 Å². The summed E-state index contributed by atoms with van der Waals surface area (Å²) in [7, 11) is 0. The number of fused-ring (bicyclic) bond motifs is 1. The maximum Gasteiger partial charge on any atom is 0.241 e. The molecule has 4 nitrogen and oxygen atoms in total. The Labute approximate surface area is 172 Å². The van der Waals surface area contributed by atoms with Crippen molar-refractivity contribution in [1.82, 2.24) is 9.80 Å². The summed E-state index contributed by atoms with van der Waals surface area (Å²) in [5.74, 6) is 0.218. The van der Waals surface area contributed by atoms with Crippen LogP contribution in [0.4, 0.5) is 5.69 Å². The molecule has 5 heteroatoms. The number of carbonyl (C=O) groups is 1. The van der Waals surface area contributed by atoms with Crippen molar-refractivity contribution in [2.75, 3.05) is 31.1 Å². The van der Waals surface area contributed by atoms with Gasteiger partial charge in [0, 0.05) is 49.0 Å². The van der Waals surface area contributed by atoms with Gasteiger partial charge in [-0.05, 0) is 49.6 Å². The van der Waals surface area contributed by atoms with E-state index in [0.717, 1.165) is 43.3 Å². The largest absolute Gasteiger partial charge is 0.311 e. The summed E-state index contributed by atoms with van der Waals surface area (Å²) >= 11 is 6.00.